The summed E-state index contributed by atoms with van der Waals surface area (Å²) in [6, 6.07) is 7.20. The lowest BCUT2D eigenvalue weighted by molar-refractivity contribution is 0.566. The fraction of sp³-hybridized carbons (Fsp3) is 0.500. The Hall–Kier alpha value is -1.82. The molecule has 0 atom stereocenters. The molecule has 0 nitrogen and oxygen atoms in total. The smallest absolute Gasteiger partial charge is 0.0132 e. The molecule has 0 aromatic heterocycles. The van der Waals surface area contributed by atoms with E-state index in [0.29, 0.717) is 0 Å². The molecular formula is C28H44. The molecule has 1 aromatic rings. The summed E-state index contributed by atoms with van der Waals surface area (Å²) in [7, 11) is 0. The van der Waals surface area contributed by atoms with Crippen LogP contribution in [0.2, 0.25) is 0 Å². The third kappa shape index (κ3) is 9.93. The Morgan fingerprint density at radius 2 is 1.43 bits per heavy atom. The molecule has 0 aliphatic heterocycles. The van der Waals surface area contributed by atoms with Crippen molar-refractivity contribution in [3.05, 3.63) is 83.5 Å². The second-order valence-corrected chi connectivity index (χ2v) is 9.42. The van der Waals surface area contributed by atoms with Crippen LogP contribution in [0.25, 0.3) is 0 Å². The molecule has 156 valence electrons. The molecule has 0 aliphatic rings. The molecular weight excluding hydrogens is 336 g/mol. The third-order valence-electron chi connectivity index (χ3n) is 4.71. The van der Waals surface area contributed by atoms with Gasteiger partial charge in [0.05, 0.1) is 0 Å². The van der Waals surface area contributed by atoms with Crippen molar-refractivity contribution < 1.29 is 0 Å². The van der Waals surface area contributed by atoms with Gasteiger partial charge in [0.2, 0.25) is 0 Å². The Morgan fingerprint density at radius 3 is 1.86 bits per heavy atom. The van der Waals surface area contributed by atoms with Gasteiger partial charge in [-0.05, 0) is 59.3 Å². The first-order valence-corrected chi connectivity index (χ1v) is 10.7. The number of aryl methyl sites for hydroxylation is 1. The molecule has 0 amide bonds. The summed E-state index contributed by atoms with van der Waals surface area (Å²) in [5, 5.41) is 0. The summed E-state index contributed by atoms with van der Waals surface area (Å²) >= 11 is 0. The van der Waals surface area contributed by atoms with Crippen LogP contribution in [0.3, 0.4) is 0 Å². The van der Waals surface area contributed by atoms with Gasteiger partial charge < -0.3 is 0 Å². The van der Waals surface area contributed by atoms with Crippen LogP contribution in [0, 0.1) is 0 Å². The van der Waals surface area contributed by atoms with Crippen molar-refractivity contribution in [2.45, 2.75) is 92.4 Å². The molecule has 0 saturated heterocycles. The summed E-state index contributed by atoms with van der Waals surface area (Å²) in [5.41, 5.74) is 7.07. The zero-order valence-corrected chi connectivity index (χ0v) is 20.1. The highest BCUT2D eigenvalue weighted by Crippen LogP contribution is 2.30. The molecule has 0 unspecified atom stereocenters. The topological polar surface area (TPSA) is 0 Å². The van der Waals surface area contributed by atoms with E-state index in [2.05, 4.69) is 92.0 Å². The van der Waals surface area contributed by atoms with Crippen LogP contribution in [0.15, 0.2) is 66.8 Å². The maximum absolute atomic E-state index is 3.89. The third-order valence-corrected chi connectivity index (χ3v) is 4.71. The number of rotatable bonds is 7. The first-order chi connectivity index (χ1) is 12.9. The Bertz CT molecular complexity index is 649. The standard InChI is InChI=1S/C26H38.C2H6/c1-10-20(2)13-11-14-21(3)15-12-16-22-17-23(25(4,5)6)19-24(18-22)26(7,8)9;1-2/h10-11,13-14,17-19H,1-2,12,15-16H2,3-9H3;1-2H3/b13-11-,21-14+;. The second kappa shape index (κ2) is 11.9. The maximum atomic E-state index is 3.89. The SMILES string of the molecule is C=CC(=C)/C=C\C=C(/C)CCCc1cc(C(C)(C)C)cc(C(C)(C)C)c1.CC. The minimum atomic E-state index is 0.185. The van der Waals surface area contributed by atoms with Crippen LogP contribution in [-0.4, -0.2) is 0 Å². The van der Waals surface area contributed by atoms with Crippen molar-refractivity contribution >= 4 is 0 Å². The molecule has 0 fully saturated rings. The minimum Gasteiger partial charge on any atom is -0.0985 e. The average molecular weight is 381 g/mol. The van der Waals surface area contributed by atoms with Gasteiger partial charge in [0, 0.05) is 0 Å². The van der Waals surface area contributed by atoms with E-state index >= 15 is 0 Å². The highest BCUT2D eigenvalue weighted by molar-refractivity contribution is 5.37. The maximum Gasteiger partial charge on any atom is -0.0132 e. The van der Waals surface area contributed by atoms with Gasteiger partial charge in [0.25, 0.3) is 0 Å². The van der Waals surface area contributed by atoms with Crippen LogP contribution in [0.1, 0.15) is 91.8 Å². The lowest BCUT2D eigenvalue weighted by Gasteiger charge is -2.26. The molecule has 1 rings (SSSR count). The first-order valence-electron chi connectivity index (χ1n) is 10.7. The molecule has 0 spiro atoms. The van der Waals surface area contributed by atoms with Crippen LogP contribution in [0.5, 0.6) is 0 Å². The monoisotopic (exact) mass is 380 g/mol. The van der Waals surface area contributed by atoms with Gasteiger partial charge >= 0.3 is 0 Å². The largest absolute Gasteiger partial charge is 0.0985 e. The normalized spacial score (nSPS) is 12.5. The summed E-state index contributed by atoms with van der Waals surface area (Å²) in [4.78, 5) is 0. The van der Waals surface area contributed by atoms with Gasteiger partial charge in [-0.25, -0.2) is 0 Å². The highest BCUT2D eigenvalue weighted by Gasteiger charge is 2.20. The fourth-order valence-electron chi connectivity index (χ4n) is 2.76. The summed E-state index contributed by atoms with van der Waals surface area (Å²) in [5.74, 6) is 0. The Balaban J connectivity index is 0.00000352. The predicted molar refractivity (Wildman–Crippen MR) is 130 cm³/mol. The molecule has 28 heavy (non-hydrogen) atoms. The van der Waals surface area contributed by atoms with Crippen molar-refractivity contribution in [1.82, 2.24) is 0 Å². The molecule has 0 N–H and O–H groups in total. The van der Waals surface area contributed by atoms with Crippen LogP contribution in [0.4, 0.5) is 0 Å². The zero-order valence-electron chi connectivity index (χ0n) is 20.1. The molecule has 0 heteroatoms. The summed E-state index contributed by atoms with van der Waals surface area (Å²) in [6.07, 6.45) is 11.4. The van der Waals surface area contributed by atoms with Crippen molar-refractivity contribution in [1.29, 1.82) is 0 Å². The minimum absolute atomic E-state index is 0.185. The lowest BCUT2D eigenvalue weighted by atomic mass is 9.79. The second-order valence-electron chi connectivity index (χ2n) is 9.42. The van der Waals surface area contributed by atoms with Gasteiger partial charge in [-0.15, -0.1) is 0 Å². The quantitative estimate of drug-likeness (QED) is 0.414. The van der Waals surface area contributed by atoms with Gasteiger partial charge in [-0.3, -0.25) is 0 Å². The van der Waals surface area contributed by atoms with Gasteiger partial charge in [-0.2, -0.15) is 0 Å². The Kier molecular flexibility index (Phi) is 11.1. The fourth-order valence-corrected chi connectivity index (χ4v) is 2.76. The van der Waals surface area contributed by atoms with E-state index in [1.54, 1.807) is 6.08 Å². The zero-order chi connectivity index (χ0) is 22.0. The van der Waals surface area contributed by atoms with E-state index < -0.39 is 0 Å². The van der Waals surface area contributed by atoms with Crippen molar-refractivity contribution in [3.63, 3.8) is 0 Å². The van der Waals surface area contributed by atoms with Crippen molar-refractivity contribution in [2.75, 3.05) is 0 Å². The van der Waals surface area contributed by atoms with Gasteiger partial charge in [-0.1, -0.05) is 117 Å². The average Bonchev–Trinajstić information content (AvgIpc) is 2.61. The van der Waals surface area contributed by atoms with E-state index in [1.165, 1.54) is 28.7 Å². The van der Waals surface area contributed by atoms with E-state index in [1.807, 2.05) is 19.9 Å². The van der Waals surface area contributed by atoms with Crippen molar-refractivity contribution in [3.8, 4) is 0 Å². The number of benzene rings is 1. The lowest BCUT2D eigenvalue weighted by Crippen LogP contribution is -2.17. The molecule has 0 bridgehead atoms. The molecule has 0 heterocycles. The predicted octanol–water partition coefficient (Wildman–Crippen LogP) is 8.88. The molecule has 1 aromatic carbocycles. The van der Waals surface area contributed by atoms with Crippen LogP contribution in [-0.2, 0) is 17.3 Å². The van der Waals surface area contributed by atoms with Crippen molar-refractivity contribution in [2.24, 2.45) is 0 Å². The molecule has 0 radical (unpaired) electrons. The number of hydrogen-bond donors (Lipinski definition) is 0. The highest BCUT2D eigenvalue weighted by atomic mass is 14.2. The first kappa shape index (κ1) is 26.2. The molecule has 0 aliphatic carbocycles. The molecule has 0 saturated carbocycles. The number of allylic oxidation sites excluding steroid dienone is 6. The Morgan fingerprint density at radius 1 is 0.929 bits per heavy atom. The van der Waals surface area contributed by atoms with E-state index in [0.717, 1.165) is 18.4 Å². The Labute approximate surface area is 176 Å². The van der Waals surface area contributed by atoms with E-state index in [4.69, 9.17) is 0 Å². The van der Waals surface area contributed by atoms with E-state index in [-0.39, 0.29) is 10.8 Å². The summed E-state index contributed by atoms with van der Waals surface area (Å²) < 4.78 is 0. The van der Waals surface area contributed by atoms with Gasteiger partial charge in [0.15, 0.2) is 0 Å². The van der Waals surface area contributed by atoms with Gasteiger partial charge in [0.1, 0.15) is 0 Å². The van der Waals surface area contributed by atoms with Crippen LogP contribution >= 0.6 is 0 Å². The van der Waals surface area contributed by atoms with E-state index in [9.17, 15) is 0 Å². The van der Waals surface area contributed by atoms with Crippen LogP contribution < -0.4 is 0 Å². The summed E-state index contributed by atoms with van der Waals surface area (Å²) in [6.45, 7) is 27.6. The number of hydrogen-bond acceptors (Lipinski definition) is 0.